The molecule has 0 atom stereocenters. The smallest absolute Gasteiger partial charge is 0.214 e. The summed E-state index contributed by atoms with van der Waals surface area (Å²) in [5.41, 5.74) is 0. The number of aliphatic imine (C=N–C) groups is 1. The van der Waals surface area contributed by atoms with E-state index in [1.54, 1.807) is 0 Å². The van der Waals surface area contributed by atoms with Gasteiger partial charge in [-0.25, -0.2) is 0 Å². The fourth-order valence-electron chi connectivity index (χ4n) is 0.311. The van der Waals surface area contributed by atoms with Crippen molar-refractivity contribution >= 4 is 6.40 Å². The highest BCUT2D eigenvalue weighted by Crippen LogP contribution is 1.77. The van der Waals surface area contributed by atoms with E-state index in [2.05, 4.69) is 20.7 Å². The van der Waals surface area contributed by atoms with Crippen molar-refractivity contribution in [3.8, 4) is 12.3 Å². The van der Waals surface area contributed by atoms with Crippen LogP contribution in [0.5, 0.6) is 0 Å². The first kappa shape index (κ1) is 8.99. The molecule has 0 rings (SSSR count). The largest absolute Gasteiger partial charge is 0.325 e. The number of terminal acetylenes is 1. The molecular weight excluding hydrogens is 130 g/mol. The Bertz CT molecular complexity index is 126. The minimum Gasteiger partial charge on any atom is -0.325 e. The molecule has 0 saturated carbocycles. The molecule has 0 N–H and O–H groups in total. The van der Waals surface area contributed by atoms with Gasteiger partial charge in [0.15, 0.2) is 0 Å². The molecule has 56 valence electrons. The van der Waals surface area contributed by atoms with Crippen LogP contribution in [0, 0.1) is 12.3 Å². The van der Waals surface area contributed by atoms with Gasteiger partial charge in [-0.15, -0.1) is 12.3 Å². The van der Waals surface area contributed by atoms with Crippen molar-refractivity contribution < 1.29 is 9.78 Å². The van der Waals surface area contributed by atoms with E-state index < -0.39 is 0 Å². The summed E-state index contributed by atoms with van der Waals surface area (Å²) >= 11 is 0. The molecule has 0 spiro atoms. The van der Waals surface area contributed by atoms with E-state index >= 15 is 0 Å². The Labute approximate surface area is 61.0 Å². The van der Waals surface area contributed by atoms with E-state index in [-0.39, 0.29) is 0 Å². The number of hydrogen-bond acceptors (Lipinski definition) is 3. The molecule has 3 heteroatoms. The quantitative estimate of drug-likeness (QED) is 0.143. The fourth-order valence-corrected chi connectivity index (χ4v) is 0.311. The van der Waals surface area contributed by atoms with Crippen molar-refractivity contribution in [3.05, 3.63) is 0 Å². The van der Waals surface area contributed by atoms with Gasteiger partial charge in [0.1, 0.15) is 0 Å². The summed E-state index contributed by atoms with van der Waals surface area (Å²) in [4.78, 5) is 12.8. The summed E-state index contributed by atoms with van der Waals surface area (Å²) in [5, 5.41) is 0. The molecule has 0 saturated heterocycles. The lowest BCUT2D eigenvalue weighted by Gasteiger charge is -1.92. The molecule has 0 aromatic carbocycles. The second-order valence-corrected chi connectivity index (χ2v) is 1.47. The van der Waals surface area contributed by atoms with Crippen molar-refractivity contribution in [3.63, 3.8) is 0 Å². The van der Waals surface area contributed by atoms with Crippen molar-refractivity contribution in [1.82, 2.24) is 0 Å². The van der Waals surface area contributed by atoms with Crippen LogP contribution in [0.4, 0.5) is 0 Å². The Morgan fingerprint density at radius 2 is 2.50 bits per heavy atom. The third kappa shape index (κ3) is 6.99. The van der Waals surface area contributed by atoms with Gasteiger partial charge in [-0.2, -0.15) is 4.89 Å². The maximum Gasteiger partial charge on any atom is 0.214 e. The zero-order chi connectivity index (χ0) is 7.66. The van der Waals surface area contributed by atoms with Gasteiger partial charge in [0, 0.05) is 6.42 Å². The second kappa shape index (κ2) is 7.99. The SMILES string of the molecule is C#CCCN=COOCC. The van der Waals surface area contributed by atoms with Crippen LogP contribution in [0.3, 0.4) is 0 Å². The Hall–Kier alpha value is -1.01. The maximum absolute atomic E-state index is 4.97. The Morgan fingerprint density at radius 1 is 1.70 bits per heavy atom. The van der Waals surface area contributed by atoms with E-state index in [9.17, 15) is 0 Å². The lowest BCUT2D eigenvalue weighted by molar-refractivity contribution is -0.211. The first-order valence-electron chi connectivity index (χ1n) is 3.11. The van der Waals surface area contributed by atoms with E-state index in [1.807, 2.05) is 6.92 Å². The summed E-state index contributed by atoms with van der Waals surface area (Å²) in [5.74, 6) is 2.45. The summed E-state index contributed by atoms with van der Waals surface area (Å²) in [7, 11) is 0. The van der Waals surface area contributed by atoms with Crippen molar-refractivity contribution in [1.29, 1.82) is 0 Å². The highest BCUT2D eigenvalue weighted by molar-refractivity contribution is 5.45. The van der Waals surface area contributed by atoms with Crippen LogP contribution in [0.15, 0.2) is 4.99 Å². The normalized spacial score (nSPS) is 9.60. The van der Waals surface area contributed by atoms with Crippen molar-refractivity contribution in [2.24, 2.45) is 4.99 Å². The predicted octanol–water partition coefficient (Wildman–Crippen LogP) is 1.01. The third-order valence-corrected chi connectivity index (χ3v) is 0.689. The van der Waals surface area contributed by atoms with Crippen LogP contribution in [0.25, 0.3) is 0 Å². The van der Waals surface area contributed by atoms with E-state index in [0.717, 1.165) is 0 Å². The molecule has 0 aliphatic heterocycles. The molecule has 0 aliphatic rings. The van der Waals surface area contributed by atoms with Gasteiger partial charge in [0.05, 0.1) is 13.2 Å². The maximum atomic E-state index is 4.97. The molecule has 0 aromatic rings. The van der Waals surface area contributed by atoms with Gasteiger partial charge in [0.25, 0.3) is 0 Å². The molecular formula is C7H11NO2. The first-order chi connectivity index (χ1) is 4.91. The minimum absolute atomic E-state index is 0.515. The van der Waals surface area contributed by atoms with Crippen LogP contribution in [0.2, 0.25) is 0 Å². The Morgan fingerprint density at radius 3 is 3.10 bits per heavy atom. The Balaban J connectivity index is 2.98. The van der Waals surface area contributed by atoms with Crippen LogP contribution < -0.4 is 0 Å². The Kier molecular flexibility index (Phi) is 7.18. The predicted molar refractivity (Wildman–Crippen MR) is 39.5 cm³/mol. The lowest BCUT2D eigenvalue weighted by atomic mass is 10.5. The summed E-state index contributed by atoms with van der Waals surface area (Å²) < 4.78 is 0. The highest BCUT2D eigenvalue weighted by atomic mass is 17.2. The summed E-state index contributed by atoms with van der Waals surface area (Å²) in [6.07, 6.45) is 6.86. The van der Waals surface area contributed by atoms with Gasteiger partial charge in [-0.3, -0.25) is 4.99 Å². The average Bonchev–Trinajstić information content (AvgIpc) is 1.97. The summed E-state index contributed by atoms with van der Waals surface area (Å²) in [6.45, 7) is 2.93. The standard InChI is InChI=1S/C7H11NO2/c1-3-5-6-8-7-10-9-4-2/h1,7H,4-6H2,2H3. The lowest BCUT2D eigenvalue weighted by Crippen LogP contribution is -1.90. The molecule has 0 radical (unpaired) electrons. The third-order valence-electron chi connectivity index (χ3n) is 0.689. The van der Waals surface area contributed by atoms with Crippen LogP contribution >= 0.6 is 0 Å². The highest BCUT2D eigenvalue weighted by Gasteiger charge is 1.76. The molecule has 0 bridgehead atoms. The summed E-state index contributed by atoms with van der Waals surface area (Å²) in [6, 6.07) is 0. The second-order valence-electron chi connectivity index (χ2n) is 1.47. The minimum atomic E-state index is 0.515. The molecule has 0 aliphatic carbocycles. The monoisotopic (exact) mass is 141 g/mol. The van der Waals surface area contributed by atoms with Crippen LogP contribution in [-0.2, 0) is 9.78 Å². The van der Waals surface area contributed by atoms with E-state index in [0.29, 0.717) is 19.6 Å². The van der Waals surface area contributed by atoms with Gasteiger partial charge in [-0.1, -0.05) is 0 Å². The van der Waals surface area contributed by atoms with E-state index in [4.69, 9.17) is 6.42 Å². The molecule has 0 aromatic heterocycles. The first-order valence-corrected chi connectivity index (χ1v) is 3.11. The topological polar surface area (TPSA) is 30.8 Å². The van der Waals surface area contributed by atoms with Gasteiger partial charge in [-0.05, 0) is 6.92 Å². The number of nitrogens with zero attached hydrogens (tertiary/aromatic N) is 1. The van der Waals surface area contributed by atoms with Crippen molar-refractivity contribution in [2.45, 2.75) is 13.3 Å². The number of rotatable bonds is 5. The van der Waals surface area contributed by atoms with E-state index in [1.165, 1.54) is 6.40 Å². The molecule has 0 heterocycles. The molecule has 10 heavy (non-hydrogen) atoms. The number of hydrogen-bond donors (Lipinski definition) is 0. The zero-order valence-corrected chi connectivity index (χ0v) is 6.04. The van der Waals surface area contributed by atoms with Gasteiger partial charge >= 0.3 is 0 Å². The van der Waals surface area contributed by atoms with Crippen molar-refractivity contribution in [2.75, 3.05) is 13.2 Å². The fraction of sp³-hybridized carbons (Fsp3) is 0.571. The molecule has 0 unspecified atom stereocenters. The molecule has 3 nitrogen and oxygen atoms in total. The van der Waals surface area contributed by atoms with Crippen LogP contribution in [0.1, 0.15) is 13.3 Å². The van der Waals surface area contributed by atoms with Gasteiger partial charge in [0.2, 0.25) is 6.40 Å². The average molecular weight is 141 g/mol. The molecule has 0 amide bonds. The van der Waals surface area contributed by atoms with Crippen LogP contribution in [-0.4, -0.2) is 19.6 Å². The van der Waals surface area contributed by atoms with Gasteiger partial charge < -0.3 is 4.89 Å². The zero-order valence-electron chi connectivity index (χ0n) is 6.04. The molecule has 0 fully saturated rings.